The minimum absolute atomic E-state index is 0.356. The third-order valence-corrected chi connectivity index (χ3v) is 10.8. The number of aromatic amines is 1. The van der Waals surface area contributed by atoms with Gasteiger partial charge in [0.1, 0.15) is 23.2 Å². The Labute approximate surface area is 357 Å². The lowest BCUT2D eigenvalue weighted by Gasteiger charge is -2.25. The summed E-state index contributed by atoms with van der Waals surface area (Å²) >= 11 is 0. The minimum atomic E-state index is 0.356. The van der Waals surface area contributed by atoms with Gasteiger partial charge in [-0.05, 0) is 101 Å². The van der Waals surface area contributed by atoms with E-state index in [1.807, 2.05) is 21.7 Å². The van der Waals surface area contributed by atoms with Crippen molar-refractivity contribution in [3.63, 3.8) is 0 Å². The van der Waals surface area contributed by atoms with Crippen molar-refractivity contribution in [1.82, 2.24) is 25.2 Å². The van der Waals surface area contributed by atoms with E-state index in [2.05, 4.69) is 193 Å². The molecule has 9 rings (SSSR count). The van der Waals surface area contributed by atoms with Gasteiger partial charge in [0.15, 0.2) is 5.52 Å². The van der Waals surface area contributed by atoms with Gasteiger partial charge >= 0.3 is 0 Å². The van der Waals surface area contributed by atoms with E-state index in [0.717, 1.165) is 97.9 Å². The number of anilines is 6. The molecular formula is C52H51N8O+. The second-order valence-corrected chi connectivity index (χ2v) is 15.7. The molecule has 2 heterocycles. The topological polar surface area (TPSA) is 79.0 Å². The number of unbranched alkanes of at least 4 members (excludes halogenated alkanes) is 1. The first kappa shape index (κ1) is 39.4. The monoisotopic (exact) mass is 803 g/mol. The smallest absolute Gasteiger partial charge is 0.223 e. The Hall–Kier alpha value is -7.10. The zero-order valence-electron chi connectivity index (χ0n) is 35.0. The maximum Gasteiger partial charge on any atom is 0.223 e. The Bertz CT molecular complexity index is 2540. The third kappa shape index (κ3) is 8.38. The molecule has 7 aromatic carbocycles. The first-order valence-electron chi connectivity index (χ1n) is 21.4. The molecule has 0 spiro atoms. The van der Waals surface area contributed by atoms with E-state index >= 15 is 0 Å². The molecule has 9 nitrogen and oxygen atoms in total. The standard InChI is InChI=1S/C52H51N8O/c1-4-5-35-61-36-34-57-53-49-47(39-26-30-45(31-27-39)59(41-18-10-6-11-19-41)42-20-12-7-13-21-42)51-52(56-58(55-51)37-38(2)3)48(50(49)54-57)40-28-32-46(33-29-40)60(43-22-14-8-15-23-43)44-24-16-9-17-25-44/h6-33,38H,4-5,34-37H2,1-3H3,(H,53,54)/q+1. The summed E-state index contributed by atoms with van der Waals surface area (Å²) in [7, 11) is 0. The number of aromatic nitrogens is 6. The minimum Gasteiger partial charge on any atom is -0.375 e. The summed E-state index contributed by atoms with van der Waals surface area (Å²) < 4.78 is 6.02. The molecule has 0 bridgehead atoms. The number of rotatable bonds is 16. The molecule has 0 atom stereocenters. The van der Waals surface area contributed by atoms with Crippen molar-refractivity contribution in [2.24, 2.45) is 5.92 Å². The van der Waals surface area contributed by atoms with Gasteiger partial charge in [-0.15, -0.1) is 5.10 Å². The number of nitrogens with zero attached hydrogens (tertiary/aromatic N) is 7. The summed E-state index contributed by atoms with van der Waals surface area (Å²) in [5.41, 5.74) is 13.8. The lowest BCUT2D eigenvalue weighted by Crippen LogP contribution is -2.40. The predicted molar refractivity (Wildman–Crippen MR) is 248 cm³/mol. The van der Waals surface area contributed by atoms with Crippen molar-refractivity contribution in [3.05, 3.63) is 170 Å². The number of H-pyrrole nitrogens is 1. The summed E-state index contributed by atoms with van der Waals surface area (Å²) in [5, 5.41) is 19.5. The van der Waals surface area contributed by atoms with Crippen molar-refractivity contribution in [3.8, 4) is 22.3 Å². The van der Waals surface area contributed by atoms with Crippen LogP contribution >= 0.6 is 0 Å². The fourth-order valence-electron chi connectivity index (χ4n) is 7.97. The molecule has 0 fully saturated rings. The normalized spacial score (nSPS) is 11.5. The van der Waals surface area contributed by atoms with Crippen LogP contribution in [0.25, 0.3) is 44.3 Å². The molecule has 0 saturated heterocycles. The van der Waals surface area contributed by atoms with E-state index in [-0.39, 0.29) is 0 Å². The van der Waals surface area contributed by atoms with E-state index in [1.54, 1.807) is 0 Å². The summed E-state index contributed by atoms with van der Waals surface area (Å²) in [6, 6.07) is 59.5. The summed E-state index contributed by atoms with van der Waals surface area (Å²) in [5.74, 6) is 0.356. The van der Waals surface area contributed by atoms with Crippen molar-refractivity contribution in [2.75, 3.05) is 23.0 Å². The third-order valence-electron chi connectivity index (χ3n) is 10.8. The number of benzene rings is 7. The molecule has 9 heteroatoms. The Kier molecular flexibility index (Phi) is 11.6. The summed E-state index contributed by atoms with van der Waals surface area (Å²) in [6.45, 7) is 9.13. The van der Waals surface area contributed by atoms with Crippen molar-refractivity contribution < 1.29 is 9.53 Å². The van der Waals surface area contributed by atoms with Gasteiger partial charge in [-0.2, -0.15) is 15.0 Å². The number of hydrogen-bond donors (Lipinski definition) is 1. The average molecular weight is 804 g/mol. The molecule has 9 aromatic rings. The van der Waals surface area contributed by atoms with Crippen LogP contribution in [0.2, 0.25) is 0 Å². The highest BCUT2D eigenvalue weighted by Crippen LogP contribution is 2.43. The maximum atomic E-state index is 6.02. The second-order valence-electron chi connectivity index (χ2n) is 15.7. The number of nitrogens with one attached hydrogen (secondary N) is 1. The van der Waals surface area contributed by atoms with Gasteiger partial charge < -0.3 is 14.5 Å². The second kappa shape index (κ2) is 18.0. The Morgan fingerprint density at radius 2 is 0.967 bits per heavy atom. The van der Waals surface area contributed by atoms with Crippen molar-refractivity contribution >= 4 is 56.2 Å². The van der Waals surface area contributed by atoms with Crippen LogP contribution in [0.5, 0.6) is 0 Å². The highest BCUT2D eigenvalue weighted by molar-refractivity contribution is 6.16. The molecule has 0 saturated carbocycles. The lowest BCUT2D eigenvalue weighted by molar-refractivity contribution is -0.800. The number of hydrogen-bond acceptors (Lipinski definition) is 6. The molecule has 0 aliphatic carbocycles. The molecule has 2 aromatic heterocycles. The van der Waals surface area contributed by atoms with E-state index < -0.39 is 0 Å². The molecule has 0 aliphatic rings. The van der Waals surface area contributed by atoms with Crippen LogP contribution in [0.1, 0.15) is 33.6 Å². The Morgan fingerprint density at radius 3 is 1.41 bits per heavy atom. The van der Waals surface area contributed by atoms with E-state index in [1.165, 1.54) is 0 Å². The molecule has 304 valence electrons. The van der Waals surface area contributed by atoms with Gasteiger partial charge in [-0.1, -0.05) is 124 Å². The maximum absolute atomic E-state index is 6.02. The van der Waals surface area contributed by atoms with E-state index in [4.69, 9.17) is 20.0 Å². The first-order valence-corrected chi connectivity index (χ1v) is 21.4. The zero-order valence-corrected chi connectivity index (χ0v) is 35.0. The Morgan fingerprint density at radius 1 is 0.541 bits per heavy atom. The van der Waals surface area contributed by atoms with Crippen LogP contribution in [0, 0.1) is 5.92 Å². The largest absolute Gasteiger partial charge is 0.375 e. The number of ether oxygens (including phenoxy) is 1. The first-order chi connectivity index (χ1) is 30.1. The van der Waals surface area contributed by atoms with Gasteiger partial charge in [-0.3, -0.25) is 0 Å². The van der Waals surface area contributed by atoms with Crippen LogP contribution < -0.4 is 14.6 Å². The number of fused-ring (bicyclic) bond motifs is 2. The highest BCUT2D eigenvalue weighted by Gasteiger charge is 2.28. The van der Waals surface area contributed by atoms with E-state index in [9.17, 15) is 0 Å². The molecule has 0 amide bonds. The van der Waals surface area contributed by atoms with Crippen LogP contribution in [-0.4, -0.2) is 38.4 Å². The zero-order chi connectivity index (χ0) is 41.5. The van der Waals surface area contributed by atoms with Gasteiger partial charge in [0.2, 0.25) is 6.54 Å². The van der Waals surface area contributed by atoms with Gasteiger partial charge in [0.05, 0.1) is 6.54 Å². The van der Waals surface area contributed by atoms with E-state index in [0.29, 0.717) is 25.6 Å². The summed E-state index contributed by atoms with van der Waals surface area (Å²) in [4.78, 5) is 8.32. The molecule has 0 unspecified atom stereocenters. The highest BCUT2D eigenvalue weighted by atomic mass is 16.5. The molecule has 0 radical (unpaired) electrons. The molecular weight excluding hydrogens is 753 g/mol. The van der Waals surface area contributed by atoms with Crippen LogP contribution in [0.15, 0.2) is 170 Å². The van der Waals surface area contributed by atoms with Gasteiger partial charge in [-0.25, -0.2) is 0 Å². The van der Waals surface area contributed by atoms with Crippen LogP contribution in [-0.2, 0) is 17.8 Å². The van der Waals surface area contributed by atoms with Crippen molar-refractivity contribution in [2.45, 2.75) is 46.7 Å². The molecule has 0 aliphatic heterocycles. The number of para-hydroxylation sites is 4. The van der Waals surface area contributed by atoms with Gasteiger partial charge in [0, 0.05) is 57.0 Å². The fraction of sp³-hybridized carbons (Fsp3) is 0.192. The SMILES string of the molecule is CCCCOCC[n+]1nc2c(-c3ccc(N(c4ccccc4)c4ccccc4)cc3)c3nn(CC(C)C)nc3c(-c3ccc(N(c4ccccc4)c4ccccc4)cc3)c2[nH]1. The van der Waals surface area contributed by atoms with Crippen LogP contribution in [0.3, 0.4) is 0 Å². The average Bonchev–Trinajstić information content (AvgIpc) is 3.91. The summed E-state index contributed by atoms with van der Waals surface area (Å²) in [6.07, 6.45) is 2.13. The fourth-order valence-corrected chi connectivity index (χ4v) is 7.97. The van der Waals surface area contributed by atoms with Crippen molar-refractivity contribution in [1.29, 1.82) is 0 Å². The molecule has 1 N–H and O–H groups in total. The molecule has 61 heavy (non-hydrogen) atoms. The Balaban J connectivity index is 1.20. The quantitative estimate of drug-likeness (QED) is 0.0774. The predicted octanol–water partition coefficient (Wildman–Crippen LogP) is 12.3. The lowest BCUT2D eigenvalue weighted by atomic mass is 9.95. The van der Waals surface area contributed by atoms with Gasteiger partial charge in [0.25, 0.3) is 0 Å². The van der Waals surface area contributed by atoms with Crippen LogP contribution in [0.4, 0.5) is 34.1 Å².